The molecule has 28 heavy (non-hydrogen) atoms. The summed E-state index contributed by atoms with van der Waals surface area (Å²) in [6.07, 6.45) is 7.07. The van der Waals surface area contributed by atoms with Crippen LogP contribution in [0.1, 0.15) is 48.5 Å². The molecular weight excluding hydrogens is 352 g/mol. The molecule has 0 N–H and O–H groups in total. The molecule has 2 aliphatic heterocycles. The average Bonchev–Trinajstić information content (AvgIpc) is 3.11. The molecule has 2 aromatic heterocycles. The van der Waals surface area contributed by atoms with Crippen LogP contribution >= 0.6 is 0 Å². The zero-order valence-electron chi connectivity index (χ0n) is 17.1. The van der Waals surface area contributed by atoms with Crippen LogP contribution in [0.3, 0.4) is 0 Å². The second-order valence-corrected chi connectivity index (χ2v) is 8.39. The summed E-state index contributed by atoms with van der Waals surface area (Å²) in [5.41, 5.74) is 3.19. The van der Waals surface area contributed by atoms with Gasteiger partial charge in [0.1, 0.15) is 5.82 Å². The van der Waals surface area contributed by atoms with Gasteiger partial charge in [0.2, 0.25) is 5.91 Å². The molecular formula is C21H30N6O. The molecule has 0 radical (unpaired) electrons. The number of fused-ring (bicyclic) bond motifs is 1. The summed E-state index contributed by atoms with van der Waals surface area (Å²) in [7, 11) is 2.17. The molecule has 7 nitrogen and oxygen atoms in total. The van der Waals surface area contributed by atoms with Crippen LogP contribution in [0.15, 0.2) is 18.5 Å². The number of amides is 1. The molecule has 2 aromatic rings. The minimum atomic E-state index is -0.0983. The Kier molecular flexibility index (Phi) is 5.44. The van der Waals surface area contributed by atoms with Crippen LogP contribution in [0.5, 0.6) is 0 Å². The van der Waals surface area contributed by atoms with Gasteiger partial charge in [0, 0.05) is 49.9 Å². The van der Waals surface area contributed by atoms with Crippen molar-refractivity contribution in [2.45, 2.75) is 52.1 Å². The predicted octanol–water partition coefficient (Wildman–Crippen LogP) is 2.01. The first-order chi connectivity index (χ1) is 13.5. The van der Waals surface area contributed by atoms with E-state index in [0.29, 0.717) is 19.0 Å². The Labute approximate surface area is 166 Å². The largest absolute Gasteiger partial charge is 0.338 e. The molecule has 1 amide bonds. The minimum Gasteiger partial charge on any atom is -0.338 e. The number of carbonyl (C=O) groups is 1. The van der Waals surface area contributed by atoms with E-state index in [2.05, 4.69) is 22.0 Å². The number of piperidine rings is 1. The Morgan fingerprint density at radius 3 is 2.96 bits per heavy atom. The Morgan fingerprint density at radius 1 is 1.36 bits per heavy atom. The lowest BCUT2D eigenvalue weighted by Crippen LogP contribution is -2.40. The Hall–Kier alpha value is -2.28. The van der Waals surface area contributed by atoms with Crippen LogP contribution in [0, 0.1) is 12.8 Å². The second-order valence-electron chi connectivity index (χ2n) is 8.39. The van der Waals surface area contributed by atoms with E-state index in [1.807, 2.05) is 41.9 Å². The number of rotatable bonds is 4. The third-order valence-electron chi connectivity index (χ3n) is 5.91. The number of carbonyl (C=O) groups excluding carboxylic acids is 1. The summed E-state index contributed by atoms with van der Waals surface area (Å²) < 4.78 is 1.85. The van der Waals surface area contributed by atoms with E-state index in [1.54, 1.807) is 0 Å². The van der Waals surface area contributed by atoms with Crippen molar-refractivity contribution in [3.8, 4) is 0 Å². The Bertz CT molecular complexity index is 847. The number of nitrogens with zero attached hydrogens (tertiary/aromatic N) is 6. The van der Waals surface area contributed by atoms with E-state index in [1.165, 1.54) is 6.42 Å². The standard InChI is InChI=1S/C21H30N6O/c1-15(12-27-10-6-16(2)24-27)21(28)26-9-7-19-18(14-26)11-22-20(23-19)17-5-4-8-25(3)13-17/h6,10-11,15,17H,4-5,7-9,12-14H2,1-3H3/t15-,17-/m0/s1. The molecule has 2 aliphatic rings. The van der Waals surface area contributed by atoms with Gasteiger partial charge in [0.05, 0.1) is 23.9 Å². The number of hydrogen-bond donors (Lipinski definition) is 0. The van der Waals surface area contributed by atoms with E-state index in [9.17, 15) is 4.79 Å². The molecule has 2 atom stereocenters. The van der Waals surface area contributed by atoms with Crippen molar-refractivity contribution in [1.82, 2.24) is 29.5 Å². The highest BCUT2D eigenvalue weighted by atomic mass is 16.2. The first-order valence-electron chi connectivity index (χ1n) is 10.3. The maximum atomic E-state index is 12.9. The van der Waals surface area contributed by atoms with Crippen molar-refractivity contribution in [2.75, 3.05) is 26.7 Å². The van der Waals surface area contributed by atoms with E-state index in [0.717, 1.165) is 55.3 Å². The van der Waals surface area contributed by atoms with Crippen LogP contribution in [0.4, 0.5) is 0 Å². The van der Waals surface area contributed by atoms with E-state index >= 15 is 0 Å². The monoisotopic (exact) mass is 382 g/mol. The summed E-state index contributed by atoms with van der Waals surface area (Å²) in [5.74, 6) is 1.49. The second kappa shape index (κ2) is 7.99. The van der Waals surface area contributed by atoms with Gasteiger partial charge in [-0.1, -0.05) is 6.92 Å². The van der Waals surface area contributed by atoms with Crippen molar-refractivity contribution in [3.63, 3.8) is 0 Å². The van der Waals surface area contributed by atoms with Gasteiger partial charge in [-0.25, -0.2) is 9.97 Å². The van der Waals surface area contributed by atoms with Crippen LogP contribution in [0.25, 0.3) is 0 Å². The van der Waals surface area contributed by atoms with Gasteiger partial charge in [-0.15, -0.1) is 0 Å². The summed E-state index contributed by atoms with van der Waals surface area (Å²) in [6, 6.07) is 1.97. The molecule has 4 heterocycles. The number of aromatic nitrogens is 4. The number of aryl methyl sites for hydroxylation is 1. The minimum absolute atomic E-state index is 0.0983. The highest BCUT2D eigenvalue weighted by Gasteiger charge is 2.28. The third-order valence-corrected chi connectivity index (χ3v) is 5.91. The molecule has 1 fully saturated rings. The first-order valence-corrected chi connectivity index (χ1v) is 10.3. The van der Waals surface area contributed by atoms with Gasteiger partial charge in [-0.05, 0) is 39.4 Å². The van der Waals surface area contributed by atoms with E-state index < -0.39 is 0 Å². The van der Waals surface area contributed by atoms with Crippen LogP contribution < -0.4 is 0 Å². The van der Waals surface area contributed by atoms with Gasteiger partial charge >= 0.3 is 0 Å². The number of hydrogen-bond acceptors (Lipinski definition) is 5. The smallest absolute Gasteiger partial charge is 0.227 e. The molecule has 0 saturated carbocycles. The molecule has 0 unspecified atom stereocenters. The quantitative estimate of drug-likeness (QED) is 0.809. The average molecular weight is 383 g/mol. The summed E-state index contributed by atoms with van der Waals surface area (Å²) in [4.78, 5) is 26.8. The van der Waals surface area contributed by atoms with Gasteiger partial charge in [0.15, 0.2) is 0 Å². The molecule has 4 rings (SSSR count). The van der Waals surface area contributed by atoms with Crippen molar-refractivity contribution >= 4 is 5.91 Å². The Balaban J connectivity index is 1.41. The van der Waals surface area contributed by atoms with Crippen molar-refractivity contribution in [1.29, 1.82) is 0 Å². The fourth-order valence-electron chi connectivity index (χ4n) is 4.33. The van der Waals surface area contributed by atoms with Crippen molar-refractivity contribution in [3.05, 3.63) is 41.2 Å². The fraction of sp³-hybridized carbons (Fsp3) is 0.619. The van der Waals surface area contributed by atoms with Crippen LogP contribution in [-0.4, -0.2) is 62.1 Å². The lowest BCUT2D eigenvalue weighted by molar-refractivity contribution is -0.136. The summed E-state index contributed by atoms with van der Waals surface area (Å²) in [5, 5.41) is 4.40. The SMILES string of the molecule is Cc1ccn(C[C@H](C)C(=O)N2CCc3nc([C@H]4CCCN(C)C4)ncc3C2)n1. The summed E-state index contributed by atoms with van der Waals surface area (Å²) in [6.45, 7) is 8.10. The highest BCUT2D eigenvalue weighted by molar-refractivity contribution is 5.78. The van der Waals surface area contributed by atoms with Gasteiger partial charge in [-0.2, -0.15) is 5.10 Å². The normalized spacial score (nSPS) is 21.4. The van der Waals surface area contributed by atoms with E-state index in [-0.39, 0.29) is 11.8 Å². The lowest BCUT2D eigenvalue weighted by Gasteiger charge is -2.32. The van der Waals surface area contributed by atoms with Crippen LogP contribution in [0.2, 0.25) is 0 Å². The summed E-state index contributed by atoms with van der Waals surface area (Å²) >= 11 is 0. The van der Waals surface area contributed by atoms with Gasteiger partial charge in [-0.3, -0.25) is 9.48 Å². The maximum absolute atomic E-state index is 12.9. The molecule has 0 bridgehead atoms. The topological polar surface area (TPSA) is 67.2 Å². The lowest BCUT2D eigenvalue weighted by atomic mass is 9.97. The maximum Gasteiger partial charge on any atom is 0.227 e. The van der Waals surface area contributed by atoms with Crippen molar-refractivity contribution < 1.29 is 4.79 Å². The highest BCUT2D eigenvalue weighted by Crippen LogP contribution is 2.26. The van der Waals surface area contributed by atoms with E-state index in [4.69, 9.17) is 4.98 Å². The first kappa shape index (κ1) is 19.1. The fourth-order valence-corrected chi connectivity index (χ4v) is 4.33. The Morgan fingerprint density at radius 2 is 2.21 bits per heavy atom. The zero-order valence-corrected chi connectivity index (χ0v) is 17.1. The van der Waals surface area contributed by atoms with Crippen LogP contribution in [-0.2, 0) is 24.3 Å². The molecule has 7 heteroatoms. The molecule has 150 valence electrons. The van der Waals surface area contributed by atoms with Gasteiger partial charge in [0.25, 0.3) is 0 Å². The van der Waals surface area contributed by atoms with Gasteiger partial charge < -0.3 is 9.80 Å². The number of likely N-dealkylation sites (tertiary alicyclic amines) is 1. The zero-order chi connectivity index (χ0) is 19.7. The molecule has 1 saturated heterocycles. The molecule has 0 aromatic carbocycles. The third kappa shape index (κ3) is 4.09. The molecule has 0 aliphatic carbocycles. The van der Waals surface area contributed by atoms with Crippen molar-refractivity contribution in [2.24, 2.45) is 5.92 Å². The predicted molar refractivity (Wildman–Crippen MR) is 107 cm³/mol. The number of likely N-dealkylation sites (N-methyl/N-ethyl adjacent to an activating group) is 1. The molecule has 0 spiro atoms.